The summed E-state index contributed by atoms with van der Waals surface area (Å²) in [6, 6.07) is 0. The first kappa shape index (κ1) is 20.4. The molecule has 1 N–H and O–H groups in total. The molecule has 29 heavy (non-hydrogen) atoms. The van der Waals surface area contributed by atoms with Gasteiger partial charge in [0, 0.05) is 38.5 Å². The summed E-state index contributed by atoms with van der Waals surface area (Å²) in [4.78, 5) is 29.7. The maximum atomic E-state index is 13.1. The van der Waals surface area contributed by atoms with Gasteiger partial charge in [0.2, 0.25) is 5.91 Å². The van der Waals surface area contributed by atoms with E-state index in [1.807, 2.05) is 23.6 Å². The number of aromatic amines is 1. The molecule has 2 aliphatic heterocycles. The van der Waals surface area contributed by atoms with Crippen molar-refractivity contribution in [2.24, 2.45) is 5.92 Å². The summed E-state index contributed by atoms with van der Waals surface area (Å²) in [6.45, 7) is 6.78. The van der Waals surface area contributed by atoms with E-state index in [9.17, 15) is 9.59 Å². The molecule has 1 saturated carbocycles. The minimum atomic E-state index is 0.0375. The molecule has 1 aromatic heterocycles. The standard InChI is InChI=1S/C22H34N4O3/c1-15-13-26(14-16(2)29-15)22(28)19-12-23-24-21(19)18-7-9-25(10-8-18)20(27)11-17-5-3-4-6-17/h12,15-18H,3-11,13-14H2,1-2H3,(H,23,24). The summed E-state index contributed by atoms with van der Waals surface area (Å²) in [6.07, 6.45) is 9.21. The third-order valence-electron chi connectivity index (χ3n) is 6.80. The topological polar surface area (TPSA) is 78.5 Å². The number of rotatable bonds is 4. The molecule has 2 atom stereocenters. The van der Waals surface area contributed by atoms with E-state index in [0.717, 1.165) is 31.6 Å². The monoisotopic (exact) mass is 402 g/mol. The molecule has 1 aromatic rings. The number of amides is 2. The number of hydrogen-bond donors (Lipinski definition) is 1. The largest absolute Gasteiger partial charge is 0.372 e. The van der Waals surface area contributed by atoms with Crippen LogP contribution in [0.3, 0.4) is 0 Å². The molecular weight excluding hydrogens is 368 g/mol. The molecule has 3 aliphatic rings. The van der Waals surface area contributed by atoms with Crippen LogP contribution in [0.4, 0.5) is 0 Å². The minimum absolute atomic E-state index is 0.0375. The quantitative estimate of drug-likeness (QED) is 0.840. The van der Waals surface area contributed by atoms with Gasteiger partial charge in [-0.1, -0.05) is 12.8 Å². The maximum absolute atomic E-state index is 13.1. The van der Waals surface area contributed by atoms with Gasteiger partial charge in [-0.05, 0) is 45.4 Å². The highest BCUT2D eigenvalue weighted by atomic mass is 16.5. The fourth-order valence-electron chi connectivity index (χ4n) is 5.30. The Bertz CT molecular complexity index is 709. The molecular formula is C22H34N4O3. The van der Waals surface area contributed by atoms with E-state index in [1.54, 1.807) is 6.20 Å². The number of aromatic nitrogens is 2. The van der Waals surface area contributed by atoms with Gasteiger partial charge in [-0.2, -0.15) is 5.10 Å². The number of nitrogens with zero attached hydrogens (tertiary/aromatic N) is 3. The lowest BCUT2D eigenvalue weighted by atomic mass is 9.90. The second-order valence-corrected chi connectivity index (χ2v) is 9.17. The Morgan fingerprint density at radius 1 is 1.07 bits per heavy atom. The van der Waals surface area contributed by atoms with Gasteiger partial charge in [0.25, 0.3) is 5.91 Å². The van der Waals surface area contributed by atoms with Gasteiger partial charge < -0.3 is 14.5 Å². The zero-order valence-electron chi connectivity index (χ0n) is 17.7. The Hall–Kier alpha value is -1.89. The Morgan fingerprint density at radius 2 is 1.72 bits per heavy atom. The van der Waals surface area contributed by atoms with Gasteiger partial charge in [0.15, 0.2) is 0 Å². The van der Waals surface area contributed by atoms with E-state index >= 15 is 0 Å². The summed E-state index contributed by atoms with van der Waals surface area (Å²) < 4.78 is 5.76. The third-order valence-corrected chi connectivity index (χ3v) is 6.80. The van der Waals surface area contributed by atoms with Crippen LogP contribution in [0, 0.1) is 5.92 Å². The van der Waals surface area contributed by atoms with Crippen molar-refractivity contribution in [1.82, 2.24) is 20.0 Å². The van der Waals surface area contributed by atoms with Crippen molar-refractivity contribution >= 4 is 11.8 Å². The Balaban J connectivity index is 1.35. The molecule has 0 bridgehead atoms. The molecule has 0 spiro atoms. The molecule has 1 aliphatic carbocycles. The number of likely N-dealkylation sites (tertiary alicyclic amines) is 1. The number of H-pyrrole nitrogens is 1. The molecule has 3 heterocycles. The minimum Gasteiger partial charge on any atom is -0.372 e. The predicted octanol–water partition coefficient (Wildman–Crippen LogP) is 2.95. The average molecular weight is 403 g/mol. The molecule has 3 fully saturated rings. The molecule has 7 heteroatoms. The van der Waals surface area contributed by atoms with E-state index < -0.39 is 0 Å². The summed E-state index contributed by atoms with van der Waals surface area (Å²) in [5.41, 5.74) is 1.62. The van der Waals surface area contributed by atoms with Gasteiger partial charge in [0.1, 0.15) is 0 Å². The van der Waals surface area contributed by atoms with Gasteiger partial charge in [-0.15, -0.1) is 0 Å². The van der Waals surface area contributed by atoms with Gasteiger partial charge >= 0.3 is 0 Å². The zero-order valence-corrected chi connectivity index (χ0v) is 17.7. The van der Waals surface area contributed by atoms with E-state index in [1.165, 1.54) is 25.7 Å². The summed E-state index contributed by atoms with van der Waals surface area (Å²) in [5.74, 6) is 1.20. The lowest BCUT2D eigenvalue weighted by molar-refractivity contribution is -0.133. The Labute approximate surface area is 173 Å². The van der Waals surface area contributed by atoms with Crippen LogP contribution in [-0.2, 0) is 9.53 Å². The molecule has 160 valence electrons. The van der Waals surface area contributed by atoms with Gasteiger partial charge in [-0.25, -0.2) is 0 Å². The fraction of sp³-hybridized carbons (Fsp3) is 0.773. The molecule has 4 rings (SSSR count). The van der Waals surface area contributed by atoms with Crippen LogP contribution < -0.4 is 0 Å². The van der Waals surface area contributed by atoms with Gasteiger partial charge in [0.05, 0.1) is 29.7 Å². The average Bonchev–Trinajstić information content (AvgIpc) is 3.38. The number of morpholine rings is 1. The number of hydrogen-bond acceptors (Lipinski definition) is 4. The first-order chi connectivity index (χ1) is 14.0. The first-order valence-corrected chi connectivity index (χ1v) is 11.3. The van der Waals surface area contributed by atoms with Crippen molar-refractivity contribution in [3.05, 3.63) is 17.5 Å². The highest BCUT2D eigenvalue weighted by molar-refractivity contribution is 5.95. The SMILES string of the molecule is CC1CN(C(=O)c2cn[nH]c2C2CCN(C(=O)CC3CCCC3)CC2)CC(C)O1. The van der Waals surface area contributed by atoms with Crippen molar-refractivity contribution in [2.45, 2.75) is 76.9 Å². The van der Waals surface area contributed by atoms with Crippen LogP contribution in [0.25, 0.3) is 0 Å². The molecule has 2 unspecified atom stereocenters. The maximum Gasteiger partial charge on any atom is 0.257 e. The highest BCUT2D eigenvalue weighted by Crippen LogP contribution is 2.32. The van der Waals surface area contributed by atoms with Crippen LogP contribution in [-0.4, -0.2) is 70.2 Å². The zero-order chi connectivity index (χ0) is 20.4. The lowest BCUT2D eigenvalue weighted by Crippen LogP contribution is -2.48. The summed E-state index contributed by atoms with van der Waals surface area (Å²) >= 11 is 0. The van der Waals surface area contributed by atoms with Gasteiger partial charge in [-0.3, -0.25) is 14.7 Å². The predicted molar refractivity (Wildman–Crippen MR) is 110 cm³/mol. The van der Waals surface area contributed by atoms with Crippen LogP contribution in [0.15, 0.2) is 6.20 Å². The van der Waals surface area contributed by atoms with E-state index in [2.05, 4.69) is 10.2 Å². The van der Waals surface area contributed by atoms with Crippen LogP contribution >= 0.6 is 0 Å². The van der Waals surface area contributed by atoms with Crippen molar-refractivity contribution in [3.8, 4) is 0 Å². The van der Waals surface area contributed by atoms with Crippen molar-refractivity contribution < 1.29 is 14.3 Å². The number of piperidine rings is 1. The second-order valence-electron chi connectivity index (χ2n) is 9.17. The summed E-state index contributed by atoms with van der Waals surface area (Å²) in [7, 11) is 0. The summed E-state index contributed by atoms with van der Waals surface area (Å²) in [5, 5.41) is 7.28. The van der Waals surface area contributed by atoms with E-state index in [0.29, 0.717) is 36.9 Å². The van der Waals surface area contributed by atoms with Crippen LogP contribution in [0.5, 0.6) is 0 Å². The second kappa shape index (κ2) is 8.86. The molecule has 0 aromatic carbocycles. The van der Waals surface area contributed by atoms with Crippen LogP contribution in [0.2, 0.25) is 0 Å². The number of ether oxygens (including phenoxy) is 1. The molecule has 7 nitrogen and oxygen atoms in total. The normalized spacial score (nSPS) is 26.8. The van der Waals surface area contributed by atoms with Crippen molar-refractivity contribution in [3.63, 3.8) is 0 Å². The molecule has 0 radical (unpaired) electrons. The fourth-order valence-corrected chi connectivity index (χ4v) is 5.30. The molecule has 2 saturated heterocycles. The number of carbonyl (C=O) groups excluding carboxylic acids is 2. The first-order valence-electron chi connectivity index (χ1n) is 11.3. The van der Waals surface area contributed by atoms with E-state index in [4.69, 9.17) is 4.74 Å². The smallest absolute Gasteiger partial charge is 0.257 e. The number of nitrogens with one attached hydrogen (secondary N) is 1. The Kier molecular flexibility index (Phi) is 6.23. The van der Waals surface area contributed by atoms with E-state index in [-0.39, 0.29) is 24.0 Å². The number of carbonyl (C=O) groups is 2. The Morgan fingerprint density at radius 3 is 2.38 bits per heavy atom. The highest BCUT2D eigenvalue weighted by Gasteiger charge is 2.32. The van der Waals surface area contributed by atoms with Crippen LogP contribution in [0.1, 0.15) is 80.8 Å². The third kappa shape index (κ3) is 4.65. The van der Waals surface area contributed by atoms with Crippen molar-refractivity contribution in [1.29, 1.82) is 0 Å². The molecule has 2 amide bonds. The lowest BCUT2D eigenvalue weighted by Gasteiger charge is -2.36. The van der Waals surface area contributed by atoms with Crippen molar-refractivity contribution in [2.75, 3.05) is 26.2 Å².